The highest BCUT2D eigenvalue weighted by Gasteiger charge is 2.14. The summed E-state index contributed by atoms with van der Waals surface area (Å²) < 4.78 is 10.7. The van der Waals surface area contributed by atoms with Crippen molar-refractivity contribution in [2.45, 2.75) is 13.0 Å². The molecule has 0 saturated heterocycles. The number of rotatable bonds is 6. The van der Waals surface area contributed by atoms with Crippen molar-refractivity contribution in [2.24, 2.45) is 0 Å². The van der Waals surface area contributed by atoms with E-state index in [0.29, 0.717) is 13.2 Å². The Morgan fingerprint density at radius 1 is 1.29 bits per heavy atom. The Morgan fingerprint density at radius 2 is 1.94 bits per heavy atom. The summed E-state index contributed by atoms with van der Waals surface area (Å²) in [6, 6.07) is 9.49. The topological polar surface area (TPSA) is 38.8 Å². The van der Waals surface area contributed by atoms with Crippen LogP contribution >= 0.6 is 0 Å². The van der Waals surface area contributed by atoms with Crippen LogP contribution in [0.4, 0.5) is 0 Å². The maximum atomic E-state index is 11.0. The molecule has 0 aliphatic rings. The van der Waals surface area contributed by atoms with E-state index in [0.717, 1.165) is 5.75 Å². The molecule has 1 atom stereocenters. The molecule has 94 valence electrons. The Kier molecular flexibility index (Phi) is 5.49. The largest absolute Gasteiger partial charge is 0.490 e. The number of ether oxygens (including phenoxy) is 2. The lowest BCUT2D eigenvalue weighted by atomic mass is 10.3. The Hall–Kier alpha value is -1.55. The summed E-state index contributed by atoms with van der Waals surface area (Å²) in [6.07, 6.45) is -0.247. The van der Waals surface area contributed by atoms with Crippen LogP contribution in [0.5, 0.6) is 5.75 Å². The van der Waals surface area contributed by atoms with E-state index in [9.17, 15) is 4.79 Å². The van der Waals surface area contributed by atoms with E-state index in [1.54, 1.807) is 0 Å². The molecular weight excluding hydrogens is 218 g/mol. The Labute approximate surface area is 102 Å². The first-order valence-corrected chi connectivity index (χ1v) is 5.57. The smallest absolute Gasteiger partial charge is 0.303 e. The molecule has 0 amide bonds. The summed E-state index contributed by atoms with van der Waals surface area (Å²) in [7, 11) is 3.86. The number of hydrogen-bond acceptors (Lipinski definition) is 4. The lowest BCUT2D eigenvalue weighted by molar-refractivity contribution is -0.148. The van der Waals surface area contributed by atoms with Gasteiger partial charge in [0.25, 0.3) is 0 Å². The number of carbonyl (C=O) groups is 1. The number of carbonyl (C=O) groups excluding carboxylic acids is 1. The minimum Gasteiger partial charge on any atom is -0.490 e. The number of hydrogen-bond donors (Lipinski definition) is 0. The van der Waals surface area contributed by atoms with Gasteiger partial charge in [0.2, 0.25) is 0 Å². The van der Waals surface area contributed by atoms with Crippen LogP contribution in [0.25, 0.3) is 0 Å². The van der Waals surface area contributed by atoms with Crippen LogP contribution in [-0.4, -0.2) is 44.2 Å². The molecule has 1 rings (SSSR count). The van der Waals surface area contributed by atoms with Crippen LogP contribution in [0, 0.1) is 0 Å². The van der Waals surface area contributed by atoms with Crippen molar-refractivity contribution in [3.05, 3.63) is 30.3 Å². The zero-order chi connectivity index (χ0) is 12.7. The van der Waals surface area contributed by atoms with Gasteiger partial charge in [-0.1, -0.05) is 18.2 Å². The van der Waals surface area contributed by atoms with Gasteiger partial charge in [0.05, 0.1) is 0 Å². The second-order valence-electron chi connectivity index (χ2n) is 4.12. The third-order valence-electron chi connectivity index (χ3n) is 2.08. The first-order valence-electron chi connectivity index (χ1n) is 5.57. The molecule has 0 radical (unpaired) electrons. The minimum absolute atomic E-state index is 0.247. The lowest BCUT2D eigenvalue weighted by Crippen LogP contribution is -2.34. The molecule has 1 aromatic carbocycles. The molecule has 0 saturated carbocycles. The van der Waals surface area contributed by atoms with Crippen LogP contribution in [0.2, 0.25) is 0 Å². The van der Waals surface area contributed by atoms with Gasteiger partial charge in [-0.05, 0) is 26.2 Å². The quantitative estimate of drug-likeness (QED) is 0.704. The Morgan fingerprint density at radius 3 is 2.47 bits per heavy atom. The number of benzene rings is 1. The predicted molar refractivity (Wildman–Crippen MR) is 66.0 cm³/mol. The molecule has 0 bridgehead atoms. The van der Waals surface area contributed by atoms with Gasteiger partial charge in [0.1, 0.15) is 18.5 Å². The van der Waals surface area contributed by atoms with Gasteiger partial charge in [-0.3, -0.25) is 4.79 Å². The molecule has 0 N–H and O–H groups in total. The summed E-state index contributed by atoms with van der Waals surface area (Å²) in [5.74, 6) is 0.497. The van der Waals surface area contributed by atoms with E-state index in [2.05, 4.69) is 0 Å². The summed E-state index contributed by atoms with van der Waals surface area (Å²) in [6.45, 7) is 2.42. The van der Waals surface area contributed by atoms with Crippen molar-refractivity contribution in [1.29, 1.82) is 0 Å². The number of esters is 1. The van der Waals surface area contributed by atoms with E-state index >= 15 is 0 Å². The fraction of sp³-hybridized carbons (Fsp3) is 0.462. The third kappa shape index (κ3) is 5.92. The van der Waals surface area contributed by atoms with Crippen LogP contribution in [0.3, 0.4) is 0 Å². The van der Waals surface area contributed by atoms with Crippen molar-refractivity contribution in [3.8, 4) is 5.75 Å². The Bertz CT molecular complexity index is 338. The van der Waals surface area contributed by atoms with Crippen molar-refractivity contribution in [2.75, 3.05) is 27.2 Å². The number of nitrogens with zero attached hydrogens (tertiary/aromatic N) is 1. The van der Waals surface area contributed by atoms with Crippen LogP contribution < -0.4 is 4.74 Å². The fourth-order valence-corrected chi connectivity index (χ4v) is 1.47. The Balaban J connectivity index is 2.45. The molecule has 0 heterocycles. The summed E-state index contributed by atoms with van der Waals surface area (Å²) in [5.41, 5.74) is 0. The standard InChI is InChI=1S/C13H19NO3/c1-11(15)17-13(9-14(2)3)10-16-12-7-5-4-6-8-12/h4-8,13H,9-10H2,1-3H3. The maximum absolute atomic E-state index is 11.0. The molecule has 0 fully saturated rings. The molecule has 1 unspecified atom stereocenters. The zero-order valence-electron chi connectivity index (χ0n) is 10.6. The molecule has 4 nitrogen and oxygen atoms in total. The average molecular weight is 237 g/mol. The number of likely N-dealkylation sites (N-methyl/N-ethyl adjacent to an activating group) is 1. The molecule has 1 aromatic rings. The van der Waals surface area contributed by atoms with E-state index in [1.807, 2.05) is 49.3 Å². The maximum Gasteiger partial charge on any atom is 0.303 e. The molecule has 0 aromatic heterocycles. The molecule has 0 aliphatic heterocycles. The van der Waals surface area contributed by atoms with Crippen molar-refractivity contribution in [1.82, 2.24) is 4.90 Å². The van der Waals surface area contributed by atoms with E-state index < -0.39 is 0 Å². The van der Waals surface area contributed by atoms with E-state index in [1.165, 1.54) is 6.92 Å². The van der Waals surface area contributed by atoms with Crippen molar-refractivity contribution in [3.63, 3.8) is 0 Å². The molecule has 0 aliphatic carbocycles. The molecular formula is C13H19NO3. The van der Waals surface area contributed by atoms with Crippen molar-refractivity contribution >= 4 is 5.97 Å². The SMILES string of the molecule is CC(=O)OC(COc1ccccc1)CN(C)C. The third-order valence-corrected chi connectivity index (χ3v) is 2.08. The number of para-hydroxylation sites is 1. The second-order valence-corrected chi connectivity index (χ2v) is 4.12. The highest BCUT2D eigenvalue weighted by Crippen LogP contribution is 2.09. The van der Waals surface area contributed by atoms with Gasteiger partial charge in [-0.25, -0.2) is 0 Å². The molecule has 4 heteroatoms. The summed E-state index contributed by atoms with van der Waals surface area (Å²) in [5, 5.41) is 0. The van der Waals surface area contributed by atoms with Gasteiger partial charge in [0, 0.05) is 13.5 Å². The van der Waals surface area contributed by atoms with Crippen molar-refractivity contribution < 1.29 is 14.3 Å². The second kappa shape index (κ2) is 6.91. The van der Waals surface area contributed by atoms with Crippen LogP contribution in [0.1, 0.15) is 6.92 Å². The first kappa shape index (κ1) is 13.5. The molecule has 17 heavy (non-hydrogen) atoms. The average Bonchev–Trinajstić information content (AvgIpc) is 2.26. The van der Waals surface area contributed by atoms with Gasteiger partial charge in [-0.15, -0.1) is 0 Å². The van der Waals surface area contributed by atoms with Crippen LogP contribution in [0.15, 0.2) is 30.3 Å². The zero-order valence-corrected chi connectivity index (χ0v) is 10.6. The monoisotopic (exact) mass is 237 g/mol. The van der Waals surface area contributed by atoms with Gasteiger partial charge in [-0.2, -0.15) is 0 Å². The highest BCUT2D eigenvalue weighted by molar-refractivity contribution is 5.66. The summed E-state index contributed by atoms with van der Waals surface area (Å²) in [4.78, 5) is 12.9. The molecule has 0 spiro atoms. The van der Waals surface area contributed by atoms with E-state index in [4.69, 9.17) is 9.47 Å². The highest BCUT2D eigenvalue weighted by atomic mass is 16.6. The summed E-state index contributed by atoms with van der Waals surface area (Å²) >= 11 is 0. The van der Waals surface area contributed by atoms with E-state index in [-0.39, 0.29) is 12.1 Å². The van der Waals surface area contributed by atoms with Crippen LogP contribution in [-0.2, 0) is 9.53 Å². The van der Waals surface area contributed by atoms with Gasteiger partial charge < -0.3 is 14.4 Å². The fourth-order valence-electron chi connectivity index (χ4n) is 1.47. The minimum atomic E-state index is -0.284. The normalized spacial score (nSPS) is 12.2. The predicted octanol–water partition coefficient (Wildman–Crippen LogP) is 1.56. The van der Waals surface area contributed by atoms with Gasteiger partial charge in [0.15, 0.2) is 0 Å². The first-order chi connectivity index (χ1) is 8.08. The lowest BCUT2D eigenvalue weighted by Gasteiger charge is -2.21. The van der Waals surface area contributed by atoms with Gasteiger partial charge >= 0.3 is 5.97 Å².